The lowest BCUT2D eigenvalue weighted by atomic mass is 9.87. The summed E-state index contributed by atoms with van der Waals surface area (Å²) in [6.45, 7) is 0.650. The number of rotatable bonds is 7. The number of hydrogen-bond donors (Lipinski definition) is 2. The van der Waals surface area contributed by atoms with Crippen molar-refractivity contribution in [3.05, 3.63) is 89.0 Å². The minimum atomic E-state index is -0.749. The summed E-state index contributed by atoms with van der Waals surface area (Å²) >= 11 is 0. The van der Waals surface area contributed by atoms with Gasteiger partial charge < -0.3 is 29.7 Å². The number of likely N-dealkylation sites (N-methyl/N-ethyl adjacent to an activating group) is 1. The third-order valence-electron chi connectivity index (χ3n) is 7.05. The molecular weight excluding hydrogens is 458 g/mol. The number of quaternary nitrogens is 1. The second-order valence-electron chi connectivity index (χ2n) is 9.46. The van der Waals surface area contributed by atoms with E-state index in [4.69, 9.17) is 19.9 Å². The van der Waals surface area contributed by atoms with Gasteiger partial charge in [-0.15, -0.1) is 0 Å². The maximum Gasteiger partial charge on any atom is 0.284 e. The lowest BCUT2D eigenvalue weighted by Crippen LogP contribution is -2.59. The number of nitrogens with one attached hydrogen (secondary N) is 1. The highest BCUT2D eigenvalue weighted by Crippen LogP contribution is 2.51. The van der Waals surface area contributed by atoms with Crippen LogP contribution in [-0.4, -0.2) is 50.3 Å². The second-order valence-corrected chi connectivity index (χ2v) is 9.46. The van der Waals surface area contributed by atoms with Crippen LogP contribution in [0.15, 0.2) is 66.7 Å². The summed E-state index contributed by atoms with van der Waals surface area (Å²) in [5, 5.41) is 3.27. The Hall–Kier alpha value is -4.04. The van der Waals surface area contributed by atoms with Crippen molar-refractivity contribution >= 4 is 11.8 Å². The Kier molecular flexibility index (Phi) is 6.28. The number of hydrogen-bond acceptors (Lipinski definition) is 5. The van der Waals surface area contributed by atoms with Gasteiger partial charge >= 0.3 is 0 Å². The summed E-state index contributed by atoms with van der Waals surface area (Å²) in [5.41, 5.74) is 9.22. The van der Waals surface area contributed by atoms with E-state index in [9.17, 15) is 9.59 Å². The van der Waals surface area contributed by atoms with Crippen molar-refractivity contribution in [3.8, 4) is 17.2 Å². The van der Waals surface area contributed by atoms with Gasteiger partial charge in [-0.05, 0) is 22.8 Å². The number of methoxy groups -OCH3 is 1. The number of nitrogens with two attached hydrogens (primary N) is 1. The second kappa shape index (κ2) is 9.54. The summed E-state index contributed by atoms with van der Waals surface area (Å²) in [6.07, 6.45) is 0.636. The van der Waals surface area contributed by atoms with E-state index >= 15 is 0 Å². The Morgan fingerprint density at radius 1 is 1.08 bits per heavy atom. The average Bonchev–Trinajstić information content (AvgIpc) is 3.34. The molecule has 2 atom stereocenters. The maximum atomic E-state index is 14.3. The first-order valence-corrected chi connectivity index (χ1v) is 11.9. The topological polar surface area (TPSA) is 99.9 Å². The molecule has 2 amide bonds. The first-order valence-electron chi connectivity index (χ1n) is 11.9. The highest BCUT2D eigenvalue weighted by atomic mass is 16.7. The molecule has 2 heterocycles. The summed E-state index contributed by atoms with van der Waals surface area (Å²) in [7, 11) is 3.44. The third-order valence-corrected chi connectivity index (χ3v) is 7.05. The lowest BCUT2D eigenvalue weighted by molar-refractivity contribution is -0.924. The van der Waals surface area contributed by atoms with Gasteiger partial charge in [0.25, 0.3) is 11.8 Å². The number of amides is 2. The van der Waals surface area contributed by atoms with Crippen molar-refractivity contribution in [2.24, 2.45) is 5.73 Å². The van der Waals surface area contributed by atoms with E-state index in [0.717, 1.165) is 16.7 Å². The van der Waals surface area contributed by atoms with Crippen molar-refractivity contribution in [2.75, 3.05) is 34.0 Å². The molecule has 0 radical (unpaired) electrons. The summed E-state index contributed by atoms with van der Waals surface area (Å²) in [6, 6.07) is 20.4. The first-order chi connectivity index (χ1) is 17.4. The Bertz CT molecular complexity index is 1240. The Balaban J connectivity index is 1.62. The molecule has 0 aromatic heterocycles. The molecule has 2 aliphatic heterocycles. The van der Waals surface area contributed by atoms with Crippen molar-refractivity contribution in [3.63, 3.8) is 0 Å². The van der Waals surface area contributed by atoms with Crippen molar-refractivity contribution in [1.29, 1.82) is 0 Å². The molecular formula is C28H30N3O5+. The molecule has 8 nitrogen and oxygen atoms in total. The monoisotopic (exact) mass is 488 g/mol. The Labute approximate surface area is 210 Å². The van der Waals surface area contributed by atoms with E-state index in [2.05, 4.69) is 5.32 Å². The average molecular weight is 489 g/mol. The van der Waals surface area contributed by atoms with Crippen LogP contribution >= 0.6 is 0 Å². The lowest BCUT2D eigenvalue weighted by Gasteiger charge is -2.44. The normalized spacial score (nSPS) is 20.0. The fraction of sp³-hybridized carbons (Fsp3) is 0.286. The van der Waals surface area contributed by atoms with Crippen LogP contribution in [0.2, 0.25) is 0 Å². The molecule has 5 rings (SSSR count). The largest absolute Gasteiger partial charge is 0.492 e. The van der Waals surface area contributed by atoms with Gasteiger partial charge in [-0.3, -0.25) is 9.59 Å². The quantitative estimate of drug-likeness (QED) is 0.498. The molecule has 0 spiro atoms. The SMILES string of the molecule is COc1c2c(cc3c1[C@@H](C(=O)NC(c1ccccc1)c1ccccc1)[N@@+](C)(CC(N)=O)CC3)OCO2. The molecule has 8 heteroatoms. The summed E-state index contributed by atoms with van der Waals surface area (Å²) < 4.78 is 17.2. The third kappa shape index (κ3) is 4.24. The van der Waals surface area contributed by atoms with Gasteiger partial charge in [-0.25, -0.2) is 0 Å². The predicted octanol–water partition coefficient (Wildman–Crippen LogP) is 2.86. The van der Waals surface area contributed by atoms with Gasteiger partial charge in [0, 0.05) is 6.42 Å². The maximum absolute atomic E-state index is 14.3. The van der Waals surface area contributed by atoms with Gasteiger partial charge in [0.15, 0.2) is 24.1 Å². The van der Waals surface area contributed by atoms with E-state index in [-0.39, 0.29) is 29.8 Å². The molecule has 0 bridgehead atoms. The molecule has 3 aromatic carbocycles. The van der Waals surface area contributed by atoms with Crippen LogP contribution in [0.3, 0.4) is 0 Å². The number of benzene rings is 3. The zero-order valence-electron chi connectivity index (χ0n) is 20.4. The number of fused-ring (bicyclic) bond motifs is 2. The van der Waals surface area contributed by atoms with Crippen LogP contribution < -0.4 is 25.3 Å². The van der Waals surface area contributed by atoms with Crippen LogP contribution in [-0.2, 0) is 16.0 Å². The van der Waals surface area contributed by atoms with Crippen LogP contribution in [0.5, 0.6) is 17.2 Å². The molecule has 0 saturated carbocycles. The van der Waals surface area contributed by atoms with E-state index in [1.165, 1.54) is 0 Å². The highest BCUT2D eigenvalue weighted by molar-refractivity contribution is 5.86. The minimum Gasteiger partial charge on any atom is -0.492 e. The van der Waals surface area contributed by atoms with Crippen LogP contribution in [0.4, 0.5) is 0 Å². The van der Waals surface area contributed by atoms with Crippen LogP contribution in [0.1, 0.15) is 34.3 Å². The molecule has 0 unspecified atom stereocenters. The minimum absolute atomic E-state index is 0.0104. The molecule has 3 N–H and O–H groups in total. The smallest absolute Gasteiger partial charge is 0.284 e. The van der Waals surface area contributed by atoms with Gasteiger partial charge in [0.2, 0.25) is 12.5 Å². The Morgan fingerprint density at radius 3 is 2.31 bits per heavy atom. The van der Waals surface area contributed by atoms with E-state index in [1.54, 1.807) is 7.11 Å². The summed E-state index contributed by atoms with van der Waals surface area (Å²) in [5.74, 6) is 0.840. The van der Waals surface area contributed by atoms with E-state index < -0.39 is 11.9 Å². The number of ether oxygens (including phenoxy) is 3. The van der Waals surface area contributed by atoms with Gasteiger partial charge in [0.05, 0.1) is 32.3 Å². The fourth-order valence-electron chi connectivity index (χ4n) is 5.42. The van der Waals surface area contributed by atoms with Gasteiger partial charge in [-0.1, -0.05) is 60.7 Å². The van der Waals surface area contributed by atoms with Crippen molar-refractivity contribution < 1.29 is 28.3 Å². The van der Waals surface area contributed by atoms with Gasteiger partial charge in [0.1, 0.15) is 0 Å². The number of carbonyl (C=O) groups is 2. The zero-order valence-corrected chi connectivity index (χ0v) is 20.4. The van der Waals surface area contributed by atoms with Gasteiger partial charge in [-0.2, -0.15) is 0 Å². The fourth-order valence-corrected chi connectivity index (χ4v) is 5.42. The number of carbonyl (C=O) groups excluding carboxylic acids is 2. The van der Waals surface area contributed by atoms with Crippen molar-refractivity contribution in [2.45, 2.75) is 18.5 Å². The molecule has 0 fully saturated rings. The highest BCUT2D eigenvalue weighted by Gasteiger charge is 2.49. The zero-order chi connectivity index (χ0) is 25.3. The van der Waals surface area contributed by atoms with E-state index in [0.29, 0.717) is 35.8 Å². The van der Waals surface area contributed by atoms with E-state index in [1.807, 2.05) is 73.8 Å². The molecule has 3 aromatic rings. The summed E-state index contributed by atoms with van der Waals surface area (Å²) in [4.78, 5) is 26.4. The first kappa shape index (κ1) is 23.7. The molecule has 2 aliphatic rings. The van der Waals surface area contributed by atoms with Crippen LogP contribution in [0, 0.1) is 0 Å². The molecule has 36 heavy (non-hydrogen) atoms. The number of nitrogens with zero attached hydrogens (tertiary/aromatic N) is 1. The molecule has 0 saturated heterocycles. The standard InChI is InChI=1S/C28H29N3O5/c1-31(16-22(29)32)14-13-20-15-21-26(36-17-35-21)27(34-2)23(20)25(31)28(33)30-24(18-9-5-3-6-10-18)19-11-7-4-8-12-19/h3-12,15,24-25H,13-14,16-17H2,1-2H3,(H2-,29,30,32,33)/p+1/t25-,31+/m0/s1. The molecule has 186 valence electrons. The Morgan fingerprint density at radius 2 is 1.72 bits per heavy atom. The predicted molar refractivity (Wildman–Crippen MR) is 134 cm³/mol. The molecule has 0 aliphatic carbocycles. The van der Waals surface area contributed by atoms with Crippen LogP contribution in [0.25, 0.3) is 0 Å². The number of primary amides is 1. The van der Waals surface area contributed by atoms with Crippen molar-refractivity contribution in [1.82, 2.24) is 5.32 Å².